The Bertz CT molecular complexity index is 1790. The number of ether oxygens (including phenoxy) is 1. The highest BCUT2D eigenvalue weighted by atomic mass is 16.6. The molecule has 1 saturated heterocycles. The third kappa shape index (κ3) is 5.62. The van der Waals surface area contributed by atoms with Crippen LogP contribution in [-0.2, 0) is 24.2 Å². The number of fused-ring (bicyclic) bond motifs is 2. The molecule has 1 unspecified atom stereocenters. The SMILES string of the molecule is Cc1cc(CC(OC(=O)N2CCC(N3Cc4ccccc4NC3=O)CC2)c2nccn2Cc2ccccc2)cc2cn[nH]c12. The first-order valence-electron chi connectivity index (χ1n) is 15.1. The topological polar surface area (TPSA) is 108 Å². The summed E-state index contributed by atoms with van der Waals surface area (Å²) in [6, 6.07) is 22.2. The molecule has 1 atom stereocenters. The number of H-pyrrole nitrogens is 1. The summed E-state index contributed by atoms with van der Waals surface area (Å²) in [5, 5.41) is 11.3. The highest BCUT2D eigenvalue weighted by molar-refractivity contribution is 5.92. The number of hydrogen-bond acceptors (Lipinski definition) is 5. The number of anilines is 1. The molecule has 224 valence electrons. The Labute approximate surface area is 255 Å². The molecule has 7 rings (SSSR count). The number of imidazole rings is 1. The molecule has 3 amide bonds. The average Bonchev–Trinajstić information content (AvgIpc) is 3.71. The maximum Gasteiger partial charge on any atom is 0.410 e. The molecule has 0 aliphatic carbocycles. The number of amides is 3. The Morgan fingerprint density at radius 2 is 1.84 bits per heavy atom. The first-order chi connectivity index (χ1) is 21.5. The number of carbonyl (C=O) groups is 2. The fourth-order valence-electron chi connectivity index (χ4n) is 6.43. The second-order valence-corrected chi connectivity index (χ2v) is 11.7. The molecular weight excluding hydrogens is 554 g/mol. The van der Waals surface area contributed by atoms with Crippen molar-refractivity contribution in [2.24, 2.45) is 0 Å². The van der Waals surface area contributed by atoms with Crippen LogP contribution in [0, 0.1) is 6.92 Å². The van der Waals surface area contributed by atoms with Gasteiger partial charge in [-0.15, -0.1) is 0 Å². The number of benzene rings is 3. The number of nitrogens with one attached hydrogen (secondary N) is 2. The van der Waals surface area contributed by atoms with Crippen molar-refractivity contribution in [3.05, 3.63) is 113 Å². The van der Waals surface area contributed by atoms with Gasteiger partial charge >= 0.3 is 12.1 Å². The van der Waals surface area contributed by atoms with Gasteiger partial charge in [0.1, 0.15) is 0 Å². The van der Waals surface area contributed by atoms with Gasteiger partial charge in [0.05, 0.1) is 11.7 Å². The molecule has 1 fully saturated rings. The summed E-state index contributed by atoms with van der Waals surface area (Å²) in [5.74, 6) is 0.700. The molecule has 5 aromatic rings. The monoisotopic (exact) mass is 589 g/mol. The van der Waals surface area contributed by atoms with Crippen molar-refractivity contribution in [3.63, 3.8) is 0 Å². The van der Waals surface area contributed by atoms with Crippen molar-refractivity contribution in [3.8, 4) is 0 Å². The van der Waals surface area contributed by atoms with Crippen LogP contribution in [0.5, 0.6) is 0 Å². The lowest BCUT2D eigenvalue weighted by molar-refractivity contribution is 0.0437. The number of aromatic amines is 1. The number of para-hydroxylation sites is 1. The van der Waals surface area contributed by atoms with Crippen LogP contribution < -0.4 is 5.32 Å². The van der Waals surface area contributed by atoms with Crippen molar-refractivity contribution in [2.75, 3.05) is 18.4 Å². The molecule has 4 heterocycles. The lowest BCUT2D eigenvalue weighted by Crippen LogP contribution is -2.51. The standard InChI is InChI=1S/C34H35N7O3/c1-23-17-25(18-27-20-36-38-31(23)27)19-30(32-35-13-16-40(32)21-24-7-3-2-4-8-24)44-34(43)39-14-11-28(12-15-39)41-22-26-9-5-6-10-29(26)37-33(41)42/h2-10,13,16-18,20,28,30H,11-12,14-15,19,21-22H2,1H3,(H,36,38)(H,37,42). The number of rotatable bonds is 7. The Morgan fingerprint density at radius 3 is 2.68 bits per heavy atom. The average molecular weight is 590 g/mol. The van der Waals surface area contributed by atoms with Crippen LogP contribution in [-0.4, -0.2) is 60.8 Å². The molecule has 2 aliphatic rings. The molecule has 0 radical (unpaired) electrons. The van der Waals surface area contributed by atoms with Gasteiger partial charge < -0.3 is 24.4 Å². The summed E-state index contributed by atoms with van der Waals surface area (Å²) in [6.07, 6.45) is 6.41. The molecule has 10 heteroatoms. The quantitative estimate of drug-likeness (QED) is 0.240. The van der Waals surface area contributed by atoms with E-state index < -0.39 is 6.10 Å². The van der Waals surface area contributed by atoms with Crippen molar-refractivity contribution in [2.45, 2.75) is 51.4 Å². The molecular formula is C34H35N7O3. The molecule has 0 spiro atoms. The number of carbonyl (C=O) groups excluding carboxylic acids is 2. The Morgan fingerprint density at radius 1 is 1.05 bits per heavy atom. The lowest BCUT2D eigenvalue weighted by Gasteiger charge is -2.40. The van der Waals surface area contributed by atoms with Crippen molar-refractivity contribution < 1.29 is 14.3 Å². The van der Waals surface area contributed by atoms with Gasteiger partial charge in [-0.3, -0.25) is 5.10 Å². The van der Waals surface area contributed by atoms with Crippen LogP contribution >= 0.6 is 0 Å². The fraction of sp³-hybridized carbons (Fsp3) is 0.294. The molecule has 3 aromatic carbocycles. The normalized spacial score (nSPS) is 16.1. The summed E-state index contributed by atoms with van der Waals surface area (Å²) in [7, 11) is 0. The Kier molecular flexibility index (Phi) is 7.47. The van der Waals surface area contributed by atoms with Crippen LogP contribution in [0.2, 0.25) is 0 Å². The number of hydrogen-bond donors (Lipinski definition) is 2. The van der Waals surface area contributed by atoms with E-state index in [0.717, 1.165) is 38.8 Å². The van der Waals surface area contributed by atoms with E-state index in [4.69, 9.17) is 4.74 Å². The number of urea groups is 1. The number of nitrogens with zero attached hydrogens (tertiary/aromatic N) is 5. The fourth-order valence-corrected chi connectivity index (χ4v) is 6.43. The minimum Gasteiger partial charge on any atom is -0.438 e. The van der Waals surface area contributed by atoms with Crippen molar-refractivity contribution in [1.29, 1.82) is 0 Å². The highest BCUT2D eigenvalue weighted by Crippen LogP contribution is 2.30. The number of piperidine rings is 1. The van der Waals surface area contributed by atoms with E-state index in [9.17, 15) is 9.59 Å². The summed E-state index contributed by atoms with van der Waals surface area (Å²) in [6.45, 7) is 4.27. The van der Waals surface area contributed by atoms with Gasteiger partial charge in [0.2, 0.25) is 0 Å². The molecule has 2 aliphatic heterocycles. The highest BCUT2D eigenvalue weighted by Gasteiger charge is 2.34. The Balaban J connectivity index is 1.08. The predicted molar refractivity (Wildman–Crippen MR) is 167 cm³/mol. The van der Waals surface area contributed by atoms with Gasteiger partial charge in [0.25, 0.3) is 0 Å². The van der Waals surface area contributed by atoms with Gasteiger partial charge in [-0.2, -0.15) is 5.10 Å². The van der Waals surface area contributed by atoms with Crippen LogP contribution in [0.25, 0.3) is 10.9 Å². The van der Waals surface area contributed by atoms with Gasteiger partial charge in [-0.25, -0.2) is 14.6 Å². The zero-order chi connectivity index (χ0) is 30.0. The lowest BCUT2D eigenvalue weighted by atomic mass is 10.0. The summed E-state index contributed by atoms with van der Waals surface area (Å²) in [5.41, 5.74) is 6.23. The smallest absolute Gasteiger partial charge is 0.410 e. The molecule has 10 nitrogen and oxygen atoms in total. The van der Waals surface area contributed by atoms with E-state index in [1.54, 1.807) is 11.1 Å². The number of aromatic nitrogens is 4. The van der Waals surface area contributed by atoms with Gasteiger partial charge in [-0.05, 0) is 54.2 Å². The second kappa shape index (κ2) is 11.9. The second-order valence-electron chi connectivity index (χ2n) is 11.7. The van der Waals surface area contributed by atoms with Crippen LogP contribution in [0.1, 0.15) is 47.0 Å². The van der Waals surface area contributed by atoms with Crippen LogP contribution in [0.15, 0.2) is 85.3 Å². The zero-order valence-electron chi connectivity index (χ0n) is 24.6. The van der Waals surface area contributed by atoms with E-state index in [0.29, 0.717) is 51.3 Å². The first-order valence-corrected chi connectivity index (χ1v) is 15.1. The van der Waals surface area contributed by atoms with Gasteiger partial charge in [0.15, 0.2) is 11.9 Å². The van der Waals surface area contributed by atoms with Gasteiger partial charge in [0, 0.05) is 62.1 Å². The third-order valence-corrected chi connectivity index (χ3v) is 8.73. The minimum absolute atomic E-state index is 0.0534. The molecule has 0 saturated carbocycles. The van der Waals surface area contributed by atoms with Crippen molar-refractivity contribution in [1.82, 2.24) is 29.5 Å². The van der Waals surface area contributed by atoms with Crippen molar-refractivity contribution >= 4 is 28.7 Å². The minimum atomic E-state index is -0.591. The third-order valence-electron chi connectivity index (χ3n) is 8.73. The van der Waals surface area contributed by atoms with Crippen LogP contribution in [0.3, 0.4) is 0 Å². The summed E-state index contributed by atoms with van der Waals surface area (Å²) >= 11 is 0. The van der Waals surface area contributed by atoms with E-state index in [1.165, 1.54) is 0 Å². The van der Waals surface area contributed by atoms with Gasteiger partial charge in [-0.1, -0.05) is 54.6 Å². The van der Waals surface area contributed by atoms with Crippen LogP contribution in [0.4, 0.5) is 15.3 Å². The first kappa shape index (κ1) is 27.7. The molecule has 44 heavy (non-hydrogen) atoms. The van der Waals surface area contributed by atoms with E-state index in [2.05, 4.69) is 49.3 Å². The molecule has 0 bridgehead atoms. The maximum absolute atomic E-state index is 13.7. The Hall–Kier alpha value is -5.12. The number of likely N-dealkylation sites (tertiary alicyclic amines) is 1. The zero-order valence-corrected chi connectivity index (χ0v) is 24.6. The predicted octanol–water partition coefficient (Wildman–Crippen LogP) is 6.05. The van der Waals surface area contributed by atoms with E-state index in [1.807, 2.05) is 66.7 Å². The number of aryl methyl sites for hydroxylation is 1. The molecule has 2 aromatic heterocycles. The summed E-state index contributed by atoms with van der Waals surface area (Å²) < 4.78 is 8.34. The largest absolute Gasteiger partial charge is 0.438 e. The summed E-state index contributed by atoms with van der Waals surface area (Å²) in [4.78, 5) is 34.9. The molecule has 2 N–H and O–H groups in total. The van der Waals surface area contributed by atoms with E-state index in [-0.39, 0.29) is 18.2 Å². The van der Waals surface area contributed by atoms with E-state index >= 15 is 0 Å². The maximum atomic E-state index is 13.7.